The Kier molecular flexibility index (Phi) is 2.56. The van der Waals surface area contributed by atoms with Gasteiger partial charge in [-0.3, -0.25) is 0 Å². The molecule has 1 aliphatic rings. The Bertz CT molecular complexity index is 197. The van der Waals surface area contributed by atoms with Crippen molar-refractivity contribution in [3.05, 3.63) is 0 Å². The summed E-state index contributed by atoms with van der Waals surface area (Å²) in [6.45, 7) is 1.95. The van der Waals surface area contributed by atoms with Crippen molar-refractivity contribution in [1.82, 2.24) is 0 Å². The molecule has 1 aliphatic heterocycles. The van der Waals surface area contributed by atoms with E-state index in [1.807, 2.05) is 6.92 Å². The lowest BCUT2D eigenvalue weighted by molar-refractivity contribution is 0.278. The van der Waals surface area contributed by atoms with Crippen LogP contribution in [0.2, 0.25) is 0 Å². The molecule has 10 heavy (non-hydrogen) atoms. The number of rotatable bonds is 2. The summed E-state index contributed by atoms with van der Waals surface area (Å²) in [5, 5.41) is 0. The normalized spacial score (nSPS) is 30.7. The highest BCUT2D eigenvalue weighted by molar-refractivity contribution is 8.05. The third kappa shape index (κ3) is 2.12. The third-order valence-corrected chi connectivity index (χ3v) is 3.10. The molecule has 1 saturated heterocycles. The second kappa shape index (κ2) is 3.08. The van der Waals surface area contributed by atoms with E-state index in [0.29, 0.717) is 6.42 Å². The van der Waals surface area contributed by atoms with Gasteiger partial charge < -0.3 is 0 Å². The number of hydrogen-bond acceptors (Lipinski definition) is 5. The molecule has 1 atom stereocenters. The second-order valence-corrected chi connectivity index (χ2v) is 4.16. The van der Waals surface area contributed by atoms with Crippen LogP contribution >= 0.6 is 12.0 Å². The van der Waals surface area contributed by atoms with Crippen LogP contribution < -0.4 is 0 Å². The van der Waals surface area contributed by atoms with Gasteiger partial charge in [0.2, 0.25) is 0 Å². The minimum Gasteiger partial charge on any atom is -0.231 e. The van der Waals surface area contributed by atoms with Crippen molar-refractivity contribution in [2.45, 2.75) is 25.2 Å². The third-order valence-electron chi connectivity index (χ3n) is 0.979. The molecule has 0 amide bonds. The van der Waals surface area contributed by atoms with Crippen molar-refractivity contribution < 1.29 is 16.2 Å². The first-order valence-corrected chi connectivity index (χ1v) is 5.06. The van der Waals surface area contributed by atoms with Gasteiger partial charge in [0, 0.05) is 12.0 Å². The summed E-state index contributed by atoms with van der Waals surface area (Å²) >= 11 is 0.864. The molecule has 4 nitrogen and oxygen atoms in total. The maximum Gasteiger partial charge on any atom is 0.412 e. The molecule has 0 spiro atoms. The Morgan fingerprint density at radius 3 is 2.70 bits per heavy atom. The van der Waals surface area contributed by atoms with Crippen LogP contribution in [-0.4, -0.2) is 13.9 Å². The Hall–Kier alpha value is 0.220. The summed E-state index contributed by atoms with van der Waals surface area (Å²) in [6, 6.07) is 0. The van der Waals surface area contributed by atoms with Gasteiger partial charge in [-0.25, -0.2) is 4.18 Å². The Morgan fingerprint density at radius 2 is 2.30 bits per heavy atom. The van der Waals surface area contributed by atoms with Crippen molar-refractivity contribution in [1.29, 1.82) is 0 Å². The summed E-state index contributed by atoms with van der Waals surface area (Å²) < 4.78 is 29.7. The van der Waals surface area contributed by atoms with Crippen molar-refractivity contribution in [3.8, 4) is 0 Å². The highest BCUT2D eigenvalue weighted by atomic mass is 32.3. The largest absolute Gasteiger partial charge is 0.412 e. The molecule has 0 bridgehead atoms. The molecule has 0 aliphatic carbocycles. The van der Waals surface area contributed by atoms with E-state index >= 15 is 0 Å². The van der Waals surface area contributed by atoms with E-state index in [1.165, 1.54) is 0 Å². The molecule has 0 aromatic heterocycles. The molecule has 0 saturated carbocycles. The molecule has 1 heterocycles. The Morgan fingerprint density at radius 1 is 1.60 bits per heavy atom. The van der Waals surface area contributed by atoms with Gasteiger partial charge >= 0.3 is 10.4 Å². The first kappa shape index (κ1) is 8.32. The van der Waals surface area contributed by atoms with Crippen molar-refractivity contribution in [2.75, 3.05) is 0 Å². The summed E-state index contributed by atoms with van der Waals surface area (Å²) in [7, 11) is -3.65. The van der Waals surface area contributed by atoms with Crippen LogP contribution in [0.15, 0.2) is 0 Å². The predicted molar refractivity (Wildman–Crippen MR) is 37.4 cm³/mol. The van der Waals surface area contributed by atoms with Gasteiger partial charge in [-0.2, -0.15) is 12.0 Å². The van der Waals surface area contributed by atoms with Crippen LogP contribution in [0.25, 0.3) is 0 Å². The molecular weight excluding hydrogens is 176 g/mol. The van der Waals surface area contributed by atoms with Gasteiger partial charge in [0.15, 0.2) is 5.44 Å². The SMILES string of the molecule is CCCC1OS(=O)(=O)OS1. The molecule has 1 fully saturated rings. The monoisotopic (exact) mass is 184 g/mol. The lowest BCUT2D eigenvalue weighted by atomic mass is 10.4. The smallest absolute Gasteiger partial charge is 0.231 e. The van der Waals surface area contributed by atoms with Gasteiger partial charge in [0.1, 0.15) is 0 Å². The van der Waals surface area contributed by atoms with Crippen molar-refractivity contribution >= 4 is 22.4 Å². The topological polar surface area (TPSA) is 52.6 Å². The molecule has 60 valence electrons. The zero-order chi connectivity index (χ0) is 7.61. The minimum absolute atomic E-state index is 0.338. The van der Waals surface area contributed by atoms with Crippen LogP contribution in [0.5, 0.6) is 0 Å². The average molecular weight is 184 g/mol. The highest BCUT2D eigenvalue weighted by Gasteiger charge is 2.30. The first-order valence-electron chi connectivity index (χ1n) is 2.92. The lowest BCUT2D eigenvalue weighted by Gasteiger charge is -1.98. The van der Waals surface area contributed by atoms with Gasteiger partial charge in [-0.1, -0.05) is 13.3 Å². The molecule has 1 unspecified atom stereocenters. The maximum absolute atomic E-state index is 10.5. The van der Waals surface area contributed by atoms with Crippen molar-refractivity contribution in [3.63, 3.8) is 0 Å². The second-order valence-electron chi connectivity index (χ2n) is 1.89. The zero-order valence-electron chi connectivity index (χ0n) is 5.44. The summed E-state index contributed by atoms with van der Waals surface area (Å²) in [6.07, 6.45) is 1.58. The number of hydrogen-bond donors (Lipinski definition) is 0. The molecule has 1 rings (SSSR count). The Balaban J connectivity index is 2.44. The van der Waals surface area contributed by atoms with Gasteiger partial charge in [-0.05, 0) is 6.42 Å². The lowest BCUT2D eigenvalue weighted by Crippen LogP contribution is -2.04. The average Bonchev–Trinajstić information content (AvgIpc) is 2.12. The first-order chi connectivity index (χ1) is 4.64. The summed E-state index contributed by atoms with van der Waals surface area (Å²) in [5.41, 5.74) is -0.338. The molecule has 0 radical (unpaired) electrons. The molecule has 0 N–H and O–H groups in total. The molecule has 0 aromatic rings. The van der Waals surface area contributed by atoms with Crippen LogP contribution in [0.1, 0.15) is 19.8 Å². The van der Waals surface area contributed by atoms with Crippen LogP contribution in [0.3, 0.4) is 0 Å². The summed E-state index contributed by atoms with van der Waals surface area (Å²) in [4.78, 5) is 0. The zero-order valence-corrected chi connectivity index (χ0v) is 7.07. The van der Waals surface area contributed by atoms with E-state index in [0.717, 1.165) is 18.5 Å². The fourth-order valence-corrected chi connectivity index (χ4v) is 2.56. The standard InChI is InChI=1S/C4H8O4S2/c1-2-3-4-7-10(5,6)8-9-4/h4H,2-3H2,1H3. The molecule has 6 heteroatoms. The highest BCUT2D eigenvalue weighted by Crippen LogP contribution is 2.30. The van der Waals surface area contributed by atoms with E-state index < -0.39 is 10.4 Å². The minimum atomic E-state index is -3.65. The van der Waals surface area contributed by atoms with Crippen LogP contribution in [0.4, 0.5) is 0 Å². The molecular formula is C4H8O4S2. The van der Waals surface area contributed by atoms with Gasteiger partial charge in [-0.15, -0.1) is 0 Å². The van der Waals surface area contributed by atoms with E-state index in [4.69, 9.17) is 0 Å². The fraction of sp³-hybridized carbons (Fsp3) is 1.00. The van der Waals surface area contributed by atoms with E-state index in [2.05, 4.69) is 7.81 Å². The van der Waals surface area contributed by atoms with Gasteiger partial charge in [0.25, 0.3) is 0 Å². The quantitative estimate of drug-likeness (QED) is 0.600. The van der Waals surface area contributed by atoms with E-state index in [1.54, 1.807) is 0 Å². The summed E-state index contributed by atoms with van der Waals surface area (Å²) in [5.74, 6) is 0. The fourth-order valence-electron chi connectivity index (χ4n) is 0.587. The van der Waals surface area contributed by atoms with Gasteiger partial charge in [0.05, 0.1) is 0 Å². The molecule has 0 aromatic carbocycles. The Labute approximate surface area is 64.4 Å². The predicted octanol–water partition coefficient (Wildman–Crippen LogP) is 1.05. The van der Waals surface area contributed by atoms with Crippen LogP contribution in [0, 0.1) is 0 Å². The van der Waals surface area contributed by atoms with Crippen molar-refractivity contribution in [2.24, 2.45) is 0 Å². The maximum atomic E-state index is 10.5. The van der Waals surface area contributed by atoms with Crippen LogP contribution in [-0.2, 0) is 18.2 Å². The van der Waals surface area contributed by atoms with E-state index in [9.17, 15) is 8.42 Å². The van der Waals surface area contributed by atoms with E-state index in [-0.39, 0.29) is 5.44 Å².